The molecule has 3 aromatic rings. The number of hydrogen-bond acceptors (Lipinski definition) is 6. The lowest BCUT2D eigenvalue weighted by Gasteiger charge is -2.40. The number of halogens is 1. The number of nitro benzene ring substituents is 1. The fourth-order valence-corrected chi connectivity index (χ4v) is 9.07. The van der Waals surface area contributed by atoms with Crippen molar-refractivity contribution in [2.45, 2.75) is 42.1 Å². The van der Waals surface area contributed by atoms with Gasteiger partial charge in [0, 0.05) is 44.3 Å². The van der Waals surface area contributed by atoms with Gasteiger partial charge in [-0.1, -0.05) is 41.1 Å². The highest BCUT2D eigenvalue weighted by Gasteiger charge is 2.55. The quantitative estimate of drug-likeness (QED) is 0.331. The molecular weight excluding hydrogens is 480 g/mol. The van der Waals surface area contributed by atoms with Gasteiger partial charge < -0.3 is 9.72 Å². The van der Waals surface area contributed by atoms with Gasteiger partial charge in [-0.2, -0.15) is 0 Å². The summed E-state index contributed by atoms with van der Waals surface area (Å²) < 4.78 is 6.24. The van der Waals surface area contributed by atoms with E-state index in [9.17, 15) is 14.9 Å². The molecule has 2 aliphatic carbocycles. The van der Waals surface area contributed by atoms with E-state index in [-0.39, 0.29) is 28.0 Å². The number of thiazole rings is 1. The van der Waals surface area contributed by atoms with Crippen LogP contribution in [0.15, 0.2) is 52.3 Å². The van der Waals surface area contributed by atoms with Crippen LogP contribution in [-0.2, 0) is 6.61 Å². The van der Waals surface area contributed by atoms with E-state index in [0.717, 1.165) is 21.0 Å². The van der Waals surface area contributed by atoms with Crippen LogP contribution in [0.25, 0.3) is 0 Å². The Morgan fingerprint density at radius 1 is 1.18 bits per heavy atom. The van der Waals surface area contributed by atoms with Crippen LogP contribution in [0.1, 0.15) is 41.2 Å². The number of aromatic nitrogens is 1. The number of nitro groups is 1. The molecule has 0 spiro atoms. The normalized spacial score (nSPS) is 27.2. The fraction of sp³-hybridized carbons (Fsp3) is 0.375. The summed E-state index contributed by atoms with van der Waals surface area (Å²) in [6, 6.07) is 12.3. The zero-order chi connectivity index (χ0) is 22.7. The average molecular weight is 501 g/mol. The molecule has 33 heavy (non-hydrogen) atoms. The molecule has 0 radical (unpaired) electrons. The lowest BCUT2D eigenvalue weighted by molar-refractivity contribution is -0.385. The summed E-state index contributed by atoms with van der Waals surface area (Å²) in [5.74, 6) is 2.07. The minimum absolute atomic E-state index is 0.0393. The van der Waals surface area contributed by atoms with Crippen molar-refractivity contribution in [1.82, 2.24) is 4.98 Å². The lowest BCUT2D eigenvalue weighted by Crippen LogP contribution is -2.33. The number of non-ortho nitro benzene ring substituents is 1. The van der Waals surface area contributed by atoms with Gasteiger partial charge in [0.2, 0.25) is 0 Å². The van der Waals surface area contributed by atoms with Crippen LogP contribution >= 0.6 is 34.7 Å². The Morgan fingerprint density at radius 3 is 2.82 bits per heavy atom. The van der Waals surface area contributed by atoms with Gasteiger partial charge in [0.15, 0.2) is 0 Å². The second kappa shape index (κ2) is 8.18. The highest BCUT2D eigenvalue weighted by Crippen LogP contribution is 2.64. The zero-order valence-corrected chi connectivity index (χ0v) is 19.9. The summed E-state index contributed by atoms with van der Waals surface area (Å²) >= 11 is 9.35. The van der Waals surface area contributed by atoms with Crippen LogP contribution in [0.3, 0.4) is 0 Å². The molecule has 2 fully saturated rings. The molecule has 2 bridgehead atoms. The molecule has 2 aromatic carbocycles. The number of hydrogen-bond donors (Lipinski definition) is 1. The van der Waals surface area contributed by atoms with E-state index in [1.54, 1.807) is 23.9 Å². The van der Waals surface area contributed by atoms with Crippen molar-refractivity contribution in [2.75, 3.05) is 0 Å². The van der Waals surface area contributed by atoms with Crippen molar-refractivity contribution in [2.24, 2.45) is 17.8 Å². The highest BCUT2D eigenvalue weighted by molar-refractivity contribution is 8.00. The molecule has 1 N–H and O–H groups in total. The Kier molecular flexibility index (Phi) is 5.27. The van der Waals surface area contributed by atoms with Crippen molar-refractivity contribution in [3.05, 3.63) is 83.3 Å². The molecule has 6 nitrogen and oxygen atoms in total. The van der Waals surface area contributed by atoms with Gasteiger partial charge in [0.1, 0.15) is 12.4 Å². The van der Waals surface area contributed by atoms with Crippen LogP contribution < -0.4 is 9.61 Å². The Balaban J connectivity index is 1.46. The van der Waals surface area contributed by atoms with Crippen LogP contribution in [0.2, 0.25) is 5.02 Å². The minimum Gasteiger partial charge on any atom is -0.489 e. The SMILES string of the molecule is O=c1[nH]c2c(s1)[C@@H](c1cc([N+](=O)[O-])ccc1OCc1ccccc1Cl)[C@H]1[C@H]3CC[C@@H](C3)[C@H]1S2. The number of aromatic amines is 1. The largest absolute Gasteiger partial charge is 0.489 e. The molecule has 0 amide bonds. The average Bonchev–Trinajstić information content (AvgIpc) is 3.51. The molecule has 6 rings (SSSR count). The van der Waals surface area contributed by atoms with Crippen LogP contribution in [0.5, 0.6) is 5.75 Å². The Morgan fingerprint density at radius 2 is 2.00 bits per heavy atom. The summed E-state index contributed by atoms with van der Waals surface area (Å²) in [5.41, 5.74) is 1.69. The maximum absolute atomic E-state index is 12.3. The van der Waals surface area contributed by atoms with E-state index in [0.29, 0.717) is 33.8 Å². The number of nitrogens with zero attached hydrogens (tertiary/aromatic N) is 1. The first kappa shape index (κ1) is 21.3. The van der Waals surface area contributed by atoms with E-state index in [1.165, 1.54) is 36.7 Å². The summed E-state index contributed by atoms with van der Waals surface area (Å²) in [6.07, 6.45) is 3.60. The zero-order valence-electron chi connectivity index (χ0n) is 17.5. The predicted octanol–water partition coefficient (Wildman–Crippen LogP) is 6.23. The van der Waals surface area contributed by atoms with E-state index in [1.807, 2.05) is 24.3 Å². The van der Waals surface area contributed by atoms with E-state index < -0.39 is 0 Å². The molecule has 0 unspecified atom stereocenters. The molecule has 5 atom stereocenters. The number of fused-ring (bicyclic) bond motifs is 6. The maximum Gasteiger partial charge on any atom is 0.305 e. The third-order valence-corrected chi connectivity index (χ3v) is 10.3. The lowest BCUT2D eigenvalue weighted by atomic mass is 9.74. The molecule has 2 heterocycles. The summed E-state index contributed by atoms with van der Waals surface area (Å²) in [4.78, 5) is 27.6. The van der Waals surface area contributed by atoms with E-state index >= 15 is 0 Å². The predicted molar refractivity (Wildman–Crippen MR) is 130 cm³/mol. The van der Waals surface area contributed by atoms with Crippen molar-refractivity contribution in [3.63, 3.8) is 0 Å². The van der Waals surface area contributed by atoms with E-state index in [4.69, 9.17) is 16.3 Å². The Hall–Kier alpha value is -2.29. The van der Waals surface area contributed by atoms with Gasteiger partial charge in [0.05, 0.1) is 9.95 Å². The Labute approximate surface area is 203 Å². The van der Waals surface area contributed by atoms with Gasteiger partial charge in [-0.25, -0.2) is 0 Å². The number of nitrogens with one attached hydrogen (secondary N) is 1. The number of rotatable bonds is 5. The smallest absolute Gasteiger partial charge is 0.305 e. The molecule has 2 saturated carbocycles. The monoisotopic (exact) mass is 500 g/mol. The third kappa shape index (κ3) is 3.59. The highest BCUT2D eigenvalue weighted by atomic mass is 35.5. The second-order valence-corrected chi connectivity index (χ2v) is 11.6. The van der Waals surface area contributed by atoms with Crippen molar-refractivity contribution in [3.8, 4) is 5.75 Å². The summed E-state index contributed by atoms with van der Waals surface area (Å²) in [6.45, 7) is 0.266. The fourth-order valence-electron chi connectivity index (χ4n) is 5.99. The first-order valence-electron chi connectivity index (χ1n) is 11.0. The third-order valence-electron chi connectivity index (χ3n) is 7.35. The van der Waals surface area contributed by atoms with Crippen LogP contribution in [0, 0.1) is 27.9 Å². The second-order valence-electron chi connectivity index (χ2n) is 9.04. The number of H-pyrrole nitrogens is 1. The van der Waals surface area contributed by atoms with Crippen LogP contribution in [-0.4, -0.2) is 15.2 Å². The maximum atomic E-state index is 12.3. The van der Waals surface area contributed by atoms with Gasteiger partial charge >= 0.3 is 4.87 Å². The first-order valence-corrected chi connectivity index (χ1v) is 13.1. The molecule has 0 saturated heterocycles. The van der Waals surface area contributed by atoms with Crippen molar-refractivity contribution in [1.29, 1.82) is 0 Å². The number of thioether (sulfide) groups is 1. The van der Waals surface area contributed by atoms with E-state index in [2.05, 4.69) is 4.98 Å². The molecule has 1 aliphatic heterocycles. The number of benzene rings is 2. The first-order chi connectivity index (χ1) is 16.0. The van der Waals surface area contributed by atoms with Crippen molar-refractivity contribution >= 4 is 40.4 Å². The van der Waals surface area contributed by atoms with Gasteiger partial charge in [-0.15, -0.1) is 11.8 Å². The van der Waals surface area contributed by atoms with Crippen molar-refractivity contribution < 1.29 is 9.66 Å². The minimum atomic E-state index is -0.363. The van der Waals surface area contributed by atoms with Crippen LogP contribution in [0.4, 0.5) is 5.69 Å². The molecule has 1 aromatic heterocycles. The number of ether oxygens (including phenoxy) is 1. The molecule has 170 valence electrons. The van der Waals surface area contributed by atoms with Gasteiger partial charge in [-0.3, -0.25) is 14.9 Å². The van der Waals surface area contributed by atoms with Gasteiger partial charge in [-0.05, 0) is 49.1 Å². The summed E-state index contributed by atoms with van der Waals surface area (Å²) in [7, 11) is 0. The topological polar surface area (TPSA) is 85.2 Å². The summed E-state index contributed by atoms with van der Waals surface area (Å²) in [5, 5.41) is 13.6. The van der Waals surface area contributed by atoms with Gasteiger partial charge in [0.25, 0.3) is 5.69 Å². The molecule has 3 aliphatic rings. The standard InChI is InChI=1S/C24H21ClN2O4S2/c25-17-4-2-1-3-14(17)11-31-18-8-7-15(27(29)30)10-16(18)20-19-12-5-6-13(9-12)21(19)32-23-22(20)33-24(28)26-23/h1-4,7-8,10,12-13,19-21H,5-6,9,11H2,(H,26,28)/t12-,13-,19+,20-,21+/m0/s1. The molecular formula is C24H21ClN2O4S2. The molecule has 9 heteroatoms. The Bertz CT molecular complexity index is 1310.